The molecule has 21 heavy (non-hydrogen) atoms. The minimum absolute atomic E-state index is 0.0849. The standard InChI is InChI=1S/C13H18N4O4/c1-8-6-9(21-2)15-11(14-8)16-12(20)17-13(4-3-5-13)7-10(18)19/h6H,3-5,7H2,1-2H3,(H,18,19)(H2,14,15,16,17,20). The van der Waals surface area contributed by atoms with E-state index in [1.54, 1.807) is 13.0 Å². The van der Waals surface area contributed by atoms with Gasteiger partial charge in [-0.1, -0.05) is 0 Å². The van der Waals surface area contributed by atoms with E-state index in [4.69, 9.17) is 9.84 Å². The second kappa shape index (κ2) is 5.94. The van der Waals surface area contributed by atoms with Gasteiger partial charge in [-0.25, -0.2) is 9.78 Å². The van der Waals surface area contributed by atoms with Crippen LogP contribution >= 0.6 is 0 Å². The lowest BCUT2D eigenvalue weighted by Crippen LogP contribution is -2.55. The molecule has 1 fully saturated rings. The van der Waals surface area contributed by atoms with Crippen molar-refractivity contribution in [2.24, 2.45) is 0 Å². The average molecular weight is 294 g/mol. The van der Waals surface area contributed by atoms with E-state index in [1.165, 1.54) is 7.11 Å². The summed E-state index contributed by atoms with van der Waals surface area (Å²) in [5, 5.41) is 14.1. The first kappa shape index (κ1) is 15.0. The third-order valence-corrected chi connectivity index (χ3v) is 3.44. The lowest BCUT2D eigenvalue weighted by atomic mass is 9.74. The Morgan fingerprint density at radius 1 is 1.43 bits per heavy atom. The number of nitrogens with one attached hydrogen (secondary N) is 2. The molecule has 114 valence electrons. The molecule has 0 aliphatic heterocycles. The Labute approximate surface area is 121 Å². The van der Waals surface area contributed by atoms with E-state index >= 15 is 0 Å². The van der Waals surface area contributed by atoms with Crippen molar-refractivity contribution in [2.45, 2.75) is 38.1 Å². The van der Waals surface area contributed by atoms with Crippen LogP contribution in [-0.4, -0.2) is 39.7 Å². The van der Waals surface area contributed by atoms with Crippen molar-refractivity contribution in [1.29, 1.82) is 0 Å². The molecule has 0 atom stereocenters. The number of anilines is 1. The molecule has 1 aromatic rings. The number of carboxylic acids is 1. The molecule has 1 aliphatic rings. The maximum atomic E-state index is 12.0. The third kappa shape index (κ3) is 3.80. The van der Waals surface area contributed by atoms with Crippen LogP contribution in [0.5, 0.6) is 5.88 Å². The Hall–Kier alpha value is -2.38. The number of aromatic nitrogens is 2. The molecule has 8 nitrogen and oxygen atoms in total. The zero-order valence-corrected chi connectivity index (χ0v) is 12.0. The summed E-state index contributed by atoms with van der Waals surface area (Å²) in [5.41, 5.74) is -0.00913. The number of amides is 2. The largest absolute Gasteiger partial charge is 0.481 e. The number of carbonyl (C=O) groups excluding carboxylic acids is 1. The number of aryl methyl sites for hydroxylation is 1. The Balaban J connectivity index is 2.01. The number of hydrogen-bond acceptors (Lipinski definition) is 5. The van der Waals surface area contributed by atoms with Gasteiger partial charge in [0.2, 0.25) is 11.8 Å². The second-order valence-electron chi connectivity index (χ2n) is 5.16. The predicted molar refractivity (Wildman–Crippen MR) is 74.3 cm³/mol. The summed E-state index contributed by atoms with van der Waals surface area (Å²) < 4.78 is 5.00. The van der Waals surface area contributed by atoms with Crippen LogP contribution in [0.4, 0.5) is 10.7 Å². The molecule has 1 heterocycles. The first-order valence-corrected chi connectivity index (χ1v) is 6.63. The van der Waals surface area contributed by atoms with Crippen LogP contribution in [0.2, 0.25) is 0 Å². The number of carbonyl (C=O) groups is 2. The van der Waals surface area contributed by atoms with Crippen LogP contribution in [0.25, 0.3) is 0 Å². The highest BCUT2D eigenvalue weighted by molar-refractivity contribution is 5.88. The fourth-order valence-electron chi connectivity index (χ4n) is 2.31. The van der Waals surface area contributed by atoms with Crippen LogP contribution in [0.15, 0.2) is 6.07 Å². The van der Waals surface area contributed by atoms with Crippen molar-refractivity contribution in [1.82, 2.24) is 15.3 Å². The third-order valence-electron chi connectivity index (χ3n) is 3.44. The summed E-state index contributed by atoms with van der Waals surface area (Å²) in [7, 11) is 1.47. The van der Waals surface area contributed by atoms with Gasteiger partial charge in [0.25, 0.3) is 0 Å². The number of urea groups is 1. The fraction of sp³-hybridized carbons (Fsp3) is 0.538. The molecule has 1 aromatic heterocycles. The lowest BCUT2D eigenvalue weighted by Gasteiger charge is -2.41. The maximum Gasteiger partial charge on any atom is 0.322 e. The molecule has 0 spiro atoms. The summed E-state index contributed by atoms with van der Waals surface area (Å²) in [4.78, 5) is 30.9. The minimum atomic E-state index is -0.927. The van der Waals surface area contributed by atoms with Gasteiger partial charge in [-0.15, -0.1) is 0 Å². The minimum Gasteiger partial charge on any atom is -0.481 e. The summed E-state index contributed by atoms with van der Waals surface area (Å²) in [5.74, 6) is -0.459. The average Bonchev–Trinajstić information content (AvgIpc) is 2.34. The summed E-state index contributed by atoms with van der Waals surface area (Å²) >= 11 is 0. The van der Waals surface area contributed by atoms with Crippen LogP contribution in [-0.2, 0) is 4.79 Å². The van der Waals surface area contributed by atoms with Gasteiger partial charge >= 0.3 is 12.0 Å². The highest BCUT2D eigenvalue weighted by Crippen LogP contribution is 2.34. The molecule has 8 heteroatoms. The Morgan fingerprint density at radius 2 is 2.14 bits per heavy atom. The van der Waals surface area contributed by atoms with E-state index < -0.39 is 17.5 Å². The highest BCUT2D eigenvalue weighted by atomic mass is 16.5. The number of nitrogens with zero attached hydrogens (tertiary/aromatic N) is 2. The molecule has 1 aliphatic carbocycles. The molecular weight excluding hydrogens is 276 g/mol. The highest BCUT2D eigenvalue weighted by Gasteiger charge is 2.40. The number of methoxy groups -OCH3 is 1. The van der Waals surface area contributed by atoms with E-state index in [9.17, 15) is 9.59 Å². The van der Waals surface area contributed by atoms with Crippen molar-refractivity contribution in [3.8, 4) is 5.88 Å². The number of hydrogen-bond donors (Lipinski definition) is 3. The Kier molecular flexibility index (Phi) is 4.25. The van der Waals surface area contributed by atoms with Crippen LogP contribution < -0.4 is 15.4 Å². The van der Waals surface area contributed by atoms with E-state index in [2.05, 4.69) is 20.6 Å². The lowest BCUT2D eigenvalue weighted by molar-refractivity contribution is -0.139. The molecule has 0 unspecified atom stereocenters. The van der Waals surface area contributed by atoms with Gasteiger partial charge in [0, 0.05) is 11.8 Å². The van der Waals surface area contributed by atoms with Crippen LogP contribution in [0, 0.1) is 6.92 Å². The molecule has 2 amide bonds. The van der Waals surface area contributed by atoms with Crippen molar-refractivity contribution < 1.29 is 19.4 Å². The van der Waals surface area contributed by atoms with Gasteiger partial charge in [0.1, 0.15) is 0 Å². The number of ether oxygens (including phenoxy) is 1. The van der Waals surface area contributed by atoms with Gasteiger partial charge in [-0.05, 0) is 26.2 Å². The number of aliphatic carboxylic acids is 1. The van der Waals surface area contributed by atoms with Crippen LogP contribution in [0.3, 0.4) is 0 Å². The quantitative estimate of drug-likeness (QED) is 0.754. The van der Waals surface area contributed by atoms with E-state index in [0.29, 0.717) is 24.4 Å². The summed E-state index contributed by atoms with van der Waals surface area (Å²) in [6.45, 7) is 1.76. The van der Waals surface area contributed by atoms with Gasteiger partial charge in [-0.3, -0.25) is 10.1 Å². The first-order valence-electron chi connectivity index (χ1n) is 6.63. The molecule has 2 rings (SSSR count). The number of carboxylic acid groups (broad SMARTS) is 1. The maximum absolute atomic E-state index is 12.0. The molecule has 0 aromatic carbocycles. The monoisotopic (exact) mass is 294 g/mol. The van der Waals surface area contributed by atoms with Crippen molar-refractivity contribution >= 4 is 17.9 Å². The Morgan fingerprint density at radius 3 is 2.67 bits per heavy atom. The van der Waals surface area contributed by atoms with E-state index in [-0.39, 0.29) is 12.4 Å². The predicted octanol–water partition coefficient (Wildman–Crippen LogP) is 1.31. The van der Waals surface area contributed by atoms with Gasteiger partial charge in [0.15, 0.2) is 0 Å². The van der Waals surface area contributed by atoms with Gasteiger partial charge in [0.05, 0.1) is 19.1 Å². The molecule has 0 bridgehead atoms. The zero-order valence-electron chi connectivity index (χ0n) is 12.0. The molecule has 0 radical (unpaired) electrons. The van der Waals surface area contributed by atoms with Crippen molar-refractivity contribution in [3.05, 3.63) is 11.8 Å². The Bertz CT molecular complexity index is 557. The van der Waals surface area contributed by atoms with E-state index in [0.717, 1.165) is 6.42 Å². The summed E-state index contributed by atoms with van der Waals surface area (Å²) in [6, 6.07) is 1.13. The van der Waals surface area contributed by atoms with Gasteiger partial charge < -0.3 is 15.2 Å². The normalized spacial score (nSPS) is 15.7. The fourth-order valence-corrected chi connectivity index (χ4v) is 2.31. The smallest absolute Gasteiger partial charge is 0.322 e. The molecule has 0 saturated heterocycles. The molecular formula is C13H18N4O4. The van der Waals surface area contributed by atoms with Crippen molar-refractivity contribution in [2.75, 3.05) is 12.4 Å². The first-order chi connectivity index (χ1) is 9.92. The molecule has 3 N–H and O–H groups in total. The SMILES string of the molecule is COc1cc(C)nc(NC(=O)NC2(CC(=O)O)CCC2)n1. The number of rotatable bonds is 5. The molecule has 1 saturated carbocycles. The van der Waals surface area contributed by atoms with E-state index in [1.807, 2.05) is 0 Å². The second-order valence-corrected chi connectivity index (χ2v) is 5.16. The van der Waals surface area contributed by atoms with Gasteiger partial charge in [-0.2, -0.15) is 4.98 Å². The summed E-state index contributed by atoms with van der Waals surface area (Å²) in [6.07, 6.45) is 2.14. The zero-order chi connectivity index (χ0) is 15.5. The topological polar surface area (TPSA) is 113 Å². The van der Waals surface area contributed by atoms with Crippen LogP contribution in [0.1, 0.15) is 31.4 Å². The van der Waals surface area contributed by atoms with Crippen molar-refractivity contribution in [3.63, 3.8) is 0 Å².